The first-order valence-corrected chi connectivity index (χ1v) is 11.3. The van der Waals surface area contributed by atoms with Gasteiger partial charge in [-0.2, -0.15) is 0 Å². The highest BCUT2D eigenvalue weighted by Gasteiger charge is 2.23. The summed E-state index contributed by atoms with van der Waals surface area (Å²) in [7, 11) is 1.58. The van der Waals surface area contributed by atoms with E-state index in [1.54, 1.807) is 37.8 Å². The molecule has 0 radical (unpaired) electrons. The Morgan fingerprint density at radius 1 is 1.18 bits per heavy atom. The number of nitrogens with one attached hydrogen (secondary N) is 1. The Morgan fingerprint density at radius 2 is 1.94 bits per heavy atom. The van der Waals surface area contributed by atoms with Crippen LogP contribution in [0.5, 0.6) is 0 Å². The number of anilines is 1. The average molecular weight is 472 g/mol. The zero-order valence-electron chi connectivity index (χ0n) is 18.4. The quantitative estimate of drug-likeness (QED) is 0.519. The fourth-order valence-electron chi connectivity index (χ4n) is 3.97. The minimum Gasteiger partial charge on any atom is -0.389 e. The van der Waals surface area contributed by atoms with Crippen molar-refractivity contribution in [3.63, 3.8) is 0 Å². The van der Waals surface area contributed by atoms with Crippen molar-refractivity contribution < 1.29 is 14.2 Å². The van der Waals surface area contributed by atoms with E-state index in [0.29, 0.717) is 35.6 Å². The first-order valence-electron chi connectivity index (χ1n) is 10.9. The Hall–Kier alpha value is -2.65. The second-order valence-electron chi connectivity index (χ2n) is 8.07. The SMILES string of the molecule is COC[C@H](O)CNC1CCN(c2cnc(-c3ccc(F)cc3)c(-c3ccncc3Cl)n2)CC1. The van der Waals surface area contributed by atoms with Crippen molar-refractivity contribution in [3.05, 3.63) is 59.8 Å². The molecule has 9 heteroatoms. The Morgan fingerprint density at radius 3 is 2.64 bits per heavy atom. The van der Waals surface area contributed by atoms with Gasteiger partial charge in [-0.3, -0.25) is 9.97 Å². The first-order chi connectivity index (χ1) is 16.0. The summed E-state index contributed by atoms with van der Waals surface area (Å²) in [5.41, 5.74) is 2.75. The zero-order valence-corrected chi connectivity index (χ0v) is 19.2. The largest absolute Gasteiger partial charge is 0.389 e. The third-order valence-corrected chi connectivity index (χ3v) is 6.03. The number of rotatable bonds is 8. The van der Waals surface area contributed by atoms with E-state index in [9.17, 15) is 9.50 Å². The minimum atomic E-state index is -0.509. The molecule has 0 saturated carbocycles. The fraction of sp³-hybridized carbons (Fsp3) is 0.375. The monoisotopic (exact) mass is 471 g/mol. The summed E-state index contributed by atoms with van der Waals surface area (Å²) in [5.74, 6) is 0.458. The predicted molar refractivity (Wildman–Crippen MR) is 127 cm³/mol. The lowest BCUT2D eigenvalue weighted by atomic mass is 10.0. The molecule has 1 atom stereocenters. The molecule has 0 bridgehead atoms. The Labute approximate surface area is 197 Å². The number of hydrogen-bond donors (Lipinski definition) is 2. The lowest BCUT2D eigenvalue weighted by Crippen LogP contribution is -2.45. The molecule has 1 fully saturated rings. The minimum absolute atomic E-state index is 0.307. The van der Waals surface area contributed by atoms with Crippen LogP contribution in [0.15, 0.2) is 48.9 Å². The summed E-state index contributed by atoms with van der Waals surface area (Å²) in [6, 6.07) is 8.33. The number of halogens is 2. The topological polar surface area (TPSA) is 83.4 Å². The van der Waals surface area contributed by atoms with E-state index in [2.05, 4.69) is 15.2 Å². The van der Waals surface area contributed by atoms with Gasteiger partial charge >= 0.3 is 0 Å². The smallest absolute Gasteiger partial charge is 0.147 e. The average Bonchev–Trinajstić information content (AvgIpc) is 2.84. The molecule has 33 heavy (non-hydrogen) atoms. The molecule has 2 N–H and O–H groups in total. The fourth-order valence-corrected chi connectivity index (χ4v) is 4.18. The van der Waals surface area contributed by atoms with Gasteiger partial charge in [-0.1, -0.05) is 11.6 Å². The molecule has 0 unspecified atom stereocenters. The van der Waals surface area contributed by atoms with Crippen molar-refractivity contribution in [1.29, 1.82) is 0 Å². The van der Waals surface area contributed by atoms with Crippen molar-refractivity contribution >= 4 is 17.4 Å². The number of pyridine rings is 1. The van der Waals surface area contributed by atoms with Gasteiger partial charge in [-0.25, -0.2) is 9.37 Å². The first kappa shape index (κ1) is 23.5. The Bertz CT molecular complexity index is 1060. The van der Waals surface area contributed by atoms with Crippen molar-refractivity contribution in [3.8, 4) is 22.5 Å². The van der Waals surface area contributed by atoms with Gasteiger partial charge in [0.15, 0.2) is 0 Å². The van der Waals surface area contributed by atoms with Gasteiger partial charge in [0.25, 0.3) is 0 Å². The van der Waals surface area contributed by atoms with Gasteiger partial charge in [0.2, 0.25) is 0 Å². The number of benzene rings is 1. The van der Waals surface area contributed by atoms with Crippen LogP contribution >= 0.6 is 11.6 Å². The zero-order chi connectivity index (χ0) is 23.2. The number of ether oxygens (including phenoxy) is 1. The van der Waals surface area contributed by atoms with Gasteiger partial charge in [0, 0.05) is 56.3 Å². The number of aliphatic hydroxyl groups excluding tert-OH is 1. The van der Waals surface area contributed by atoms with E-state index in [4.69, 9.17) is 26.3 Å². The summed E-state index contributed by atoms with van der Waals surface area (Å²) in [6.07, 6.45) is 6.34. The van der Waals surface area contributed by atoms with Crippen molar-refractivity contribution in [1.82, 2.24) is 20.3 Å². The molecular weight excluding hydrogens is 445 g/mol. The highest BCUT2D eigenvalue weighted by atomic mass is 35.5. The van der Waals surface area contributed by atoms with E-state index in [-0.39, 0.29) is 5.82 Å². The Balaban J connectivity index is 1.55. The maximum atomic E-state index is 13.5. The number of aliphatic hydroxyl groups is 1. The number of methoxy groups -OCH3 is 1. The van der Waals surface area contributed by atoms with Gasteiger partial charge in [0.05, 0.1) is 29.6 Å². The molecule has 174 valence electrons. The summed E-state index contributed by atoms with van der Waals surface area (Å²) < 4.78 is 18.4. The van der Waals surface area contributed by atoms with Crippen LogP contribution in [0.4, 0.5) is 10.2 Å². The van der Waals surface area contributed by atoms with Crippen molar-refractivity contribution in [2.45, 2.75) is 25.0 Å². The van der Waals surface area contributed by atoms with Crippen LogP contribution in [0.1, 0.15) is 12.8 Å². The molecule has 2 aromatic heterocycles. The van der Waals surface area contributed by atoms with Crippen LogP contribution in [0, 0.1) is 5.82 Å². The standard InChI is InChI=1S/C24H27ClFN5O2/c1-33-15-19(32)12-28-18-7-10-31(11-8-18)22-14-29-23(16-2-4-17(26)5-3-16)24(30-22)20-6-9-27-13-21(20)25/h2-6,9,13-14,18-19,28,32H,7-8,10-12,15H2,1H3/t19-/m1/s1. The van der Waals surface area contributed by atoms with Crippen molar-refractivity contribution in [2.75, 3.05) is 38.3 Å². The van der Waals surface area contributed by atoms with Gasteiger partial charge < -0.3 is 20.1 Å². The molecule has 1 aliphatic rings. The lowest BCUT2D eigenvalue weighted by molar-refractivity contribution is 0.0621. The van der Waals surface area contributed by atoms with Crippen LogP contribution in [-0.2, 0) is 4.74 Å². The van der Waals surface area contributed by atoms with Crippen LogP contribution in [0.25, 0.3) is 22.5 Å². The highest BCUT2D eigenvalue weighted by Crippen LogP contribution is 2.34. The van der Waals surface area contributed by atoms with Crippen molar-refractivity contribution in [2.24, 2.45) is 0 Å². The molecule has 1 aliphatic heterocycles. The second kappa shape index (κ2) is 11.0. The molecule has 0 amide bonds. The number of nitrogens with zero attached hydrogens (tertiary/aromatic N) is 4. The van der Waals surface area contributed by atoms with E-state index in [1.165, 1.54) is 12.1 Å². The van der Waals surface area contributed by atoms with Crippen LogP contribution in [0.3, 0.4) is 0 Å². The van der Waals surface area contributed by atoms with Crippen LogP contribution < -0.4 is 10.2 Å². The molecule has 4 rings (SSSR count). The maximum absolute atomic E-state index is 13.5. The highest BCUT2D eigenvalue weighted by molar-refractivity contribution is 6.33. The summed E-state index contributed by atoms with van der Waals surface area (Å²) in [5, 5.41) is 13.7. The Kier molecular flexibility index (Phi) is 7.82. The van der Waals surface area contributed by atoms with E-state index in [0.717, 1.165) is 42.9 Å². The maximum Gasteiger partial charge on any atom is 0.147 e. The summed E-state index contributed by atoms with van der Waals surface area (Å²) in [4.78, 5) is 15.9. The normalized spacial score (nSPS) is 15.6. The number of aromatic nitrogens is 3. The molecule has 1 aromatic carbocycles. The lowest BCUT2D eigenvalue weighted by Gasteiger charge is -2.33. The molecule has 0 spiro atoms. The number of piperidine rings is 1. The van der Waals surface area contributed by atoms with Gasteiger partial charge in [0.1, 0.15) is 17.3 Å². The van der Waals surface area contributed by atoms with Gasteiger partial charge in [-0.15, -0.1) is 0 Å². The van der Waals surface area contributed by atoms with Crippen LogP contribution in [0.2, 0.25) is 5.02 Å². The van der Waals surface area contributed by atoms with Crippen LogP contribution in [-0.4, -0.2) is 65.6 Å². The second-order valence-corrected chi connectivity index (χ2v) is 8.47. The summed E-state index contributed by atoms with van der Waals surface area (Å²) in [6.45, 7) is 2.45. The molecule has 1 saturated heterocycles. The van der Waals surface area contributed by atoms with Gasteiger partial charge in [-0.05, 0) is 43.2 Å². The molecule has 7 nitrogen and oxygen atoms in total. The van der Waals surface area contributed by atoms with E-state index in [1.807, 2.05) is 6.07 Å². The predicted octanol–water partition coefficient (Wildman–Crippen LogP) is 3.56. The molecule has 3 heterocycles. The third-order valence-electron chi connectivity index (χ3n) is 5.73. The number of hydrogen-bond acceptors (Lipinski definition) is 7. The van der Waals surface area contributed by atoms with E-state index >= 15 is 0 Å². The summed E-state index contributed by atoms with van der Waals surface area (Å²) >= 11 is 6.44. The molecular formula is C24H27ClFN5O2. The molecule has 0 aliphatic carbocycles. The van der Waals surface area contributed by atoms with E-state index < -0.39 is 6.10 Å². The molecule has 3 aromatic rings. The third kappa shape index (κ3) is 5.83.